The normalized spacial score (nSPS) is 16.4. The predicted octanol–water partition coefficient (Wildman–Crippen LogP) is 1.57. The summed E-state index contributed by atoms with van der Waals surface area (Å²) >= 11 is 0. The Labute approximate surface area is 114 Å². The fourth-order valence-electron chi connectivity index (χ4n) is 2.08. The summed E-state index contributed by atoms with van der Waals surface area (Å²) in [7, 11) is 0. The number of ether oxygens (including phenoxy) is 1. The van der Waals surface area contributed by atoms with Crippen molar-refractivity contribution in [2.24, 2.45) is 0 Å². The van der Waals surface area contributed by atoms with Gasteiger partial charge in [0.25, 0.3) is 0 Å². The number of nitrogens with zero attached hydrogens (tertiary/aromatic N) is 2. The summed E-state index contributed by atoms with van der Waals surface area (Å²) < 4.78 is 7.22. The van der Waals surface area contributed by atoms with E-state index in [1.165, 1.54) is 12.8 Å². The Morgan fingerprint density at radius 1 is 1.58 bits per heavy atom. The fourth-order valence-corrected chi connectivity index (χ4v) is 2.08. The number of aryl methyl sites for hydroxylation is 2. The van der Waals surface area contributed by atoms with Gasteiger partial charge in [0.1, 0.15) is 6.04 Å². The van der Waals surface area contributed by atoms with Crippen LogP contribution in [0.3, 0.4) is 0 Å². The Kier molecular flexibility index (Phi) is 4.58. The average Bonchev–Trinajstić information content (AvgIpc) is 3.15. The van der Waals surface area contributed by atoms with Gasteiger partial charge >= 0.3 is 5.97 Å². The second-order valence-corrected chi connectivity index (χ2v) is 5.14. The quantitative estimate of drug-likeness (QED) is 0.760. The molecular formula is C14H23N3O2. The zero-order valence-corrected chi connectivity index (χ0v) is 12.0. The fraction of sp³-hybridized carbons (Fsp3) is 0.714. The highest BCUT2D eigenvalue weighted by atomic mass is 16.5. The molecule has 0 aliphatic heterocycles. The Balaban J connectivity index is 1.91. The van der Waals surface area contributed by atoms with Crippen LogP contribution in [-0.2, 0) is 16.1 Å². The molecule has 19 heavy (non-hydrogen) atoms. The number of nitrogens with one attached hydrogen (secondary N) is 1. The molecule has 0 radical (unpaired) electrons. The van der Waals surface area contributed by atoms with E-state index in [0.29, 0.717) is 12.6 Å². The molecule has 1 fully saturated rings. The summed E-state index contributed by atoms with van der Waals surface area (Å²) in [6.07, 6.45) is 4.91. The molecule has 1 aliphatic rings. The van der Waals surface area contributed by atoms with Crippen LogP contribution in [0.15, 0.2) is 6.33 Å². The van der Waals surface area contributed by atoms with E-state index in [1.807, 2.05) is 20.2 Å². The van der Waals surface area contributed by atoms with Gasteiger partial charge in [0.05, 0.1) is 18.6 Å². The summed E-state index contributed by atoms with van der Waals surface area (Å²) in [5.74, 6) is -0.135. The molecule has 0 bridgehead atoms. The van der Waals surface area contributed by atoms with Crippen molar-refractivity contribution in [2.45, 2.75) is 58.7 Å². The van der Waals surface area contributed by atoms with Gasteiger partial charge < -0.3 is 14.6 Å². The van der Waals surface area contributed by atoms with Crippen LogP contribution in [0, 0.1) is 13.8 Å². The number of imidazole rings is 1. The molecule has 5 nitrogen and oxygen atoms in total. The van der Waals surface area contributed by atoms with Crippen molar-refractivity contribution in [3.8, 4) is 0 Å². The predicted molar refractivity (Wildman–Crippen MR) is 72.9 cm³/mol. The summed E-state index contributed by atoms with van der Waals surface area (Å²) in [5.41, 5.74) is 2.21. The second kappa shape index (κ2) is 6.19. The number of aromatic nitrogens is 2. The third-order valence-corrected chi connectivity index (χ3v) is 3.59. The number of hydrogen-bond acceptors (Lipinski definition) is 4. The minimum atomic E-state index is -0.199. The summed E-state index contributed by atoms with van der Waals surface area (Å²) in [5, 5.41) is 3.36. The number of carbonyl (C=O) groups is 1. The number of esters is 1. The Morgan fingerprint density at radius 2 is 2.32 bits per heavy atom. The van der Waals surface area contributed by atoms with E-state index >= 15 is 0 Å². The first-order valence-corrected chi connectivity index (χ1v) is 7.02. The van der Waals surface area contributed by atoms with Crippen molar-refractivity contribution in [3.63, 3.8) is 0 Å². The van der Waals surface area contributed by atoms with E-state index in [-0.39, 0.29) is 12.0 Å². The third kappa shape index (κ3) is 3.80. The highest BCUT2D eigenvalue weighted by molar-refractivity contribution is 5.75. The third-order valence-electron chi connectivity index (χ3n) is 3.59. The molecule has 0 spiro atoms. The molecule has 1 aromatic rings. The molecule has 1 aliphatic carbocycles. The van der Waals surface area contributed by atoms with Crippen LogP contribution in [0.5, 0.6) is 0 Å². The maximum absolute atomic E-state index is 11.9. The molecule has 1 saturated carbocycles. The van der Waals surface area contributed by atoms with Crippen LogP contribution in [0.25, 0.3) is 0 Å². The van der Waals surface area contributed by atoms with E-state index in [1.54, 1.807) is 0 Å². The van der Waals surface area contributed by atoms with E-state index in [0.717, 1.165) is 24.4 Å². The minimum Gasteiger partial charge on any atom is -0.465 e. The van der Waals surface area contributed by atoms with Crippen molar-refractivity contribution in [3.05, 3.63) is 17.7 Å². The van der Waals surface area contributed by atoms with Gasteiger partial charge in [-0.15, -0.1) is 0 Å². The standard InChI is InChI=1S/C14H23N3O2/c1-4-19-14(18)13(16-12-5-6-12)7-8-17-9-15-10(2)11(17)3/h9,12-13,16H,4-8H2,1-3H3. The molecular weight excluding hydrogens is 242 g/mol. The van der Waals surface area contributed by atoms with Gasteiger partial charge in [-0.3, -0.25) is 4.79 Å². The first kappa shape index (κ1) is 14.1. The Bertz CT molecular complexity index is 438. The molecule has 106 valence electrons. The van der Waals surface area contributed by atoms with Gasteiger partial charge in [0, 0.05) is 18.3 Å². The molecule has 0 saturated heterocycles. The molecule has 1 heterocycles. The van der Waals surface area contributed by atoms with E-state index in [9.17, 15) is 4.79 Å². The lowest BCUT2D eigenvalue weighted by molar-refractivity contribution is -0.146. The second-order valence-electron chi connectivity index (χ2n) is 5.14. The van der Waals surface area contributed by atoms with E-state index < -0.39 is 0 Å². The van der Waals surface area contributed by atoms with Gasteiger partial charge in [0.15, 0.2) is 0 Å². The lowest BCUT2D eigenvalue weighted by Crippen LogP contribution is -2.40. The first-order valence-electron chi connectivity index (χ1n) is 7.02. The molecule has 1 atom stereocenters. The van der Waals surface area contributed by atoms with Crippen LogP contribution >= 0.6 is 0 Å². The number of hydrogen-bond donors (Lipinski definition) is 1. The van der Waals surface area contributed by atoms with Crippen LogP contribution < -0.4 is 5.32 Å². The highest BCUT2D eigenvalue weighted by Gasteiger charge is 2.29. The van der Waals surface area contributed by atoms with Gasteiger partial charge in [-0.05, 0) is 40.0 Å². The van der Waals surface area contributed by atoms with Crippen molar-refractivity contribution >= 4 is 5.97 Å². The Morgan fingerprint density at radius 3 is 2.84 bits per heavy atom. The zero-order chi connectivity index (χ0) is 13.8. The van der Waals surface area contributed by atoms with Crippen LogP contribution in [-0.4, -0.2) is 34.2 Å². The number of rotatable bonds is 7. The van der Waals surface area contributed by atoms with Crippen LogP contribution in [0.2, 0.25) is 0 Å². The topological polar surface area (TPSA) is 56.2 Å². The average molecular weight is 265 g/mol. The molecule has 5 heteroatoms. The van der Waals surface area contributed by atoms with Crippen molar-refractivity contribution in [1.82, 2.24) is 14.9 Å². The summed E-state index contributed by atoms with van der Waals surface area (Å²) in [4.78, 5) is 16.2. The monoisotopic (exact) mass is 265 g/mol. The SMILES string of the molecule is CCOC(=O)C(CCn1cnc(C)c1C)NC1CC1. The van der Waals surface area contributed by atoms with Gasteiger partial charge in [0.2, 0.25) is 0 Å². The van der Waals surface area contributed by atoms with Gasteiger partial charge in [-0.25, -0.2) is 4.98 Å². The lowest BCUT2D eigenvalue weighted by atomic mass is 10.2. The summed E-state index contributed by atoms with van der Waals surface area (Å²) in [6, 6.07) is 0.301. The molecule has 1 N–H and O–H groups in total. The van der Waals surface area contributed by atoms with E-state index in [4.69, 9.17) is 4.74 Å². The summed E-state index contributed by atoms with van der Waals surface area (Å²) in [6.45, 7) is 7.11. The smallest absolute Gasteiger partial charge is 0.323 e. The molecule has 0 amide bonds. The maximum Gasteiger partial charge on any atom is 0.323 e. The highest BCUT2D eigenvalue weighted by Crippen LogP contribution is 2.20. The van der Waals surface area contributed by atoms with Crippen LogP contribution in [0.1, 0.15) is 37.6 Å². The Hall–Kier alpha value is -1.36. The van der Waals surface area contributed by atoms with Crippen LogP contribution in [0.4, 0.5) is 0 Å². The van der Waals surface area contributed by atoms with Gasteiger partial charge in [-0.1, -0.05) is 0 Å². The van der Waals surface area contributed by atoms with Crippen molar-refractivity contribution in [1.29, 1.82) is 0 Å². The van der Waals surface area contributed by atoms with Crippen molar-refractivity contribution in [2.75, 3.05) is 6.61 Å². The molecule has 1 aromatic heterocycles. The zero-order valence-electron chi connectivity index (χ0n) is 12.0. The largest absolute Gasteiger partial charge is 0.465 e. The molecule has 0 aromatic carbocycles. The van der Waals surface area contributed by atoms with Gasteiger partial charge in [-0.2, -0.15) is 0 Å². The maximum atomic E-state index is 11.9. The van der Waals surface area contributed by atoms with Crippen molar-refractivity contribution < 1.29 is 9.53 Å². The molecule has 2 rings (SSSR count). The lowest BCUT2D eigenvalue weighted by Gasteiger charge is -2.17. The number of carbonyl (C=O) groups excluding carboxylic acids is 1. The first-order chi connectivity index (χ1) is 9.11. The molecule has 1 unspecified atom stereocenters. The van der Waals surface area contributed by atoms with E-state index in [2.05, 4.69) is 21.8 Å². The minimum absolute atomic E-state index is 0.135.